The Labute approximate surface area is 191 Å². The number of fused-ring (bicyclic) bond motifs is 1. The van der Waals surface area contributed by atoms with Gasteiger partial charge >= 0.3 is 5.69 Å². The molecule has 33 heavy (non-hydrogen) atoms. The molecule has 1 N–H and O–H groups in total. The lowest BCUT2D eigenvalue weighted by molar-refractivity contribution is 0.432. The third kappa shape index (κ3) is 3.96. The standard InChI is InChI=1S/C24H16ClFN4O3/c1-13-2-4-14(5-3-13)12-30-23(31)17-8-6-16(11-20(17)27-24(30)32)22-28-21(29-33-22)15-7-9-19(26)18(25)10-15/h2-11H,12H2,1H3,(H,27,32). The summed E-state index contributed by atoms with van der Waals surface area (Å²) in [5.74, 6) is -0.137. The molecule has 164 valence electrons. The molecule has 0 spiro atoms. The number of aromatic amines is 1. The van der Waals surface area contributed by atoms with Gasteiger partial charge in [0.15, 0.2) is 0 Å². The number of rotatable bonds is 4. The van der Waals surface area contributed by atoms with Crippen LogP contribution in [-0.2, 0) is 6.54 Å². The van der Waals surface area contributed by atoms with Crippen molar-refractivity contribution >= 4 is 22.5 Å². The van der Waals surface area contributed by atoms with Gasteiger partial charge in [0.2, 0.25) is 5.82 Å². The predicted octanol–water partition coefficient (Wildman–Crippen LogP) is 4.56. The van der Waals surface area contributed by atoms with Crippen LogP contribution < -0.4 is 11.2 Å². The van der Waals surface area contributed by atoms with Crippen molar-refractivity contribution in [2.75, 3.05) is 0 Å². The van der Waals surface area contributed by atoms with Crippen molar-refractivity contribution in [2.24, 2.45) is 0 Å². The van der Waals surface area contributed by atoms with Crippen LogP contribution >= 0.6 is 11.6 Å². The van der Waals surface area contributed by atoms with Crippen LogP contribution in [0.5, 0.6) is 0 Å². The van der Waals surface area contributed by atoms with Crippen molar-refractivity contribution in [2.45, 2.75) is 13.5 Å². The highest BCUT2D eigenvalue weighted by Crippen LogP contribution is 2.26. The molecule has 9 heteroatoms. The maximum absolute atomic E-state index is 13.4. The number of aryl methyl sites for hydroxylation is 1. The molecule has 3 aromatic carbocycles. The molecule has 0 atom stereocenters. The number of halogens is 2. The average molecular weight is 463 g/mol. The fourth-order valence-electron chi connectivity index (χ4n) is 3.50. The molecule has 2 heterocycles. The SMILES string of the molecule is Cc1ccc(Cn2c(=O)[nH]c3cc(-c4nc(-c5ccc(F)c(Cl)c5)no4)ccc3c2=O)cc1. The number of H-pyrrole nitrogens is 1. The molecule has 0 fully saturated rings. The molecule has 0 bridgehead atoms. The number of benzene rings is 3. The lowest BCUT2D eigenvalue weighted by Gasteiger charge is -2.07. The summed E-state index contributed by atoms with van der Waals surface area (Å²) in [5, 5.41) is 4.22. The van der Waals surface area contributed by atoms with Crippen LogP contribution in [0.2, 0.25) is 5.02 Å². The Hall–Kier alpha value is -4.04. The largest absolute Gasteiger partial charge is 0.334 e. The topological polar surface area (TPSA) is 93.8 Å². The van der Waals surface area contributed by atoms with E-state index in [2.05, 4.69) is 15.1 Å². The van der Waals surface area contributed by atoms with E-state index in [1.807, 2.05) is 31.2 Å². The van der Waals surface area contributed by atoms with E-state index in [9.17, 15) is 14.0 Å². The molecule has 2 aromatic heterocycles. The Balaban J connectivity index is 1.51. The first kappa shape index (κ1) is 20.8. The minimum Gasteiger partial charge on any atom is -0.334 e. The van der Waals surface area contributed by atoms with Gasteiger partial charge in [0, 0.05) is 11.1 Å². The van der Waals surface area contributed by atoms with Gasteiger partial charge in [-0.25, -0.2) is 9.18 Å². The number of nitrogens with one attached hydrogen (secondary N) is 1. The van der Waals surface area contributed by atoms with Gasteiger partial charge < -0.3 is 9.51 Å². The molecular formula is C24H16ClFN4O3. The summed E-state index contributed by atoms with van der Waals surface area (Å²) in [4.78, 5) is 32.7. The number of hydrogen-bond acceptors (Lipinski definition) is 5. The van der Waals surface area contributed by atoms with Crippen molar-refractivity contribution in [1.29, 1.82) is 0 Å². The molecule has 0 radical (unpaired) electrons. The van der Waals surface area contributed by atoms with Gasteiger partial charge in [-0.1, -0.05) is 46.6 Å². The molecule has 5 aromatic rings. The quantitative estimate of drug-likeness (QED) is 0.422. The highest BCUT2D eigenvalue weighted by Gasteiger charge is 2.15. The van der Waals surface area contributed by atoms with E-state index in [0.29, 0.717) is 22.0 Å². The van der Waals surface area contributed by atoms with Crippen molar-refractivity contribution in [1.82, 2.24) is 19.7 Å². The first-order valence-corrected chi connectivity index (χ1v) is 10.4. The van der Waals surface area contributed by atoms with E-state index >= 15 is 0 Å². The number of hydrogen-bond donors (Lipinski definition) is 1. The molecule has 5 rings (SSSR count). The molecule has 0 saturated carbocycles. The summed E-state index contributed by atoms with van der Waals surface area (Å²) < 4.78 is 19.9. The van der Waals surface area contributed by atoms with Crippen LogP contribution in [0.25, 0.3) is 33.7 Å². The summed E-state index contributed by atoms with van der Waals surface area (Å²) in [5.41, 5.74) is 2.39. The molecule has 0 aliphatic rings. The molecule has 0 amide bonds. The van der Waals surface area contributed by atoms with Gasteiger partial charge in [-0.15, -0.1) is 0 Å². The lowest BCUT2D eigenvalue weighted by Crippen LogP contribution is -2.35. The van der Waals surface area contributed by atoms with Crippen molar-refractivity contribution in [3.05, 3.63) is 103 Å². The van der Waals surface area contributed by atoms with Crippen molar-refractivity contribution in [3.63, 3.8) is 0 Å². The summed E-state index contributed by atoms with van der Waals surface area (Å²) in [7, 11) is 0. The lowest BCUT2D eigenvalue weighted by atomic mass is 10.1. The van der Waals surface area contributed by atoms with Crippen LogP contribution in [0.1, 0.15) is 11.1 Å². The van der Waals surface area contributed by atoms with Crippen molar-refractivity contribution < 1.29 is 8.91 Å². The van der Waals surface area contributed by atoms with Gasteiger partial charge in [0.05, 0.1) is 22.5 Å². The van der Waals surface area contributed by atoms with Crippen LogP contribution in [0.15, 0.2) is 74.8 Å². The summed E-state index contributed by atoms with van der Waals surface area (Å²) in [6.45, 7) is 2.14. The number of aromatic nitrogens is 4. The van der Waals surface area contributed by atoms with Gasteiger partial charge in [0.25, 0.3) is 11.4 Å². The zero-order chi connectivity index (χ0) is 23.1. The maximum atomic E-state index is 13.4. The average Bonchev–Trinajstić information content (AvgIpc) is 3.30. The minimum atomic E-state index is -0.546. The second-order valence-corrected chi connectivity index (χ2v) is 8.03. The zero-order valence-electron chi connectivity index (χ0n) is 17.3. The molecule has 0 unspecified atom stereocenters. The first-order valence-electron chi connectivity index (χ1n) is 10.0. The zero-order valence-corrected chi connectivity index (χ0v) is 18.1. The monoisotopic (exact) mass is 462 g/mol. The first-order chi connectivity index (χ1) is 15.9. The Morgan fingerprint density at radius 3 is 2.55 bits per heavy atom. The predicted molar refractivity (Wildman–Crippen MR) is 123 cm³/mol. The Morgan fingerprint density at radius 1 is 1.03 bits per heavy atom. The van der Waals surface area contributed by atoms with E-state index in [-0.39, 0.29) is 23.3 Å². The summed E-state index contributed by atoms with van der Waals surface area (Å²) in [6.07, 6.45) is 0. The van der Waals surface area contributed by atoms with Gasteiger partial charge in [-0.3, -0.25) is 9.36 Å². The van der Waals surface area contributed by atoms with E-state index in [0.717, 1.165) is 15.7 Å². The summed E-state index contributed by atoms with van der Waals surface area (Å²) in [6, 6.07) is 16.6. The fourth-order valence-corrected chi connectivity index (χ4v) is 3.68. The van der Waals surface area contributed by atoms with Crippen molar-refractivity contribution in [3.8, 4) is 22.8 Å². The Kier molecular flexibility index (Phi) is 5.14. The normalized spacial score (nSPS) is 11.2. The van der Waals surface area contributed by atoms with E-state index in [4.69, 9.17) is 16.1 Å². The van der Waals surface area contributed by atoms with Gasteiger partial charge in [-0.2, -0.15) is 4.98 Å². The highest BCUT2D eigenvalue weighted by atomic mass is 35.5. The molecule has 0 saturated heterocycles. The molecule has 7 nitrogen and oxygen atoms in total. The Bertz CT molecular complexity index is 1620. The maximum Gasteiger partial charge on any atom is 0.329 e. The highest BCUT2D eigenvalue weighted by molar-refractivity contribution is 6.31. The summed E-state index contributed by atoms with van der Waals surface area (Å²) >= 11 is 5.83. The van der Waals surface area contributed by atoms with Gasteiger partial charge in [0.1, 0.15) is 5.82 Å². The van der Waals surface area contributed by atoms with E-state index < -0.39 is 17.1 Å². The van der Waals surface area contributed by atoms with Crippen LogP contribution in [0.4, 0.5) is 4.39 Å². The van der Waals surface area contributed by atoms with E-state index in [1.165, 1.54) is 18.2 Å². The molecular weight excluding hydrogens is 447 g/mol. The van der Waals surface area contributed by atoms with Gasteiger partial charge in [-0.05, 0) is 48.9 Å². The molecule has 0 aliphatic carbocycles. The second kappa shape index (κ2) is 8.14. The third-order valence-corrected chi connectivity index (χ3v) is 5.58. The number of nitrogens with zero attached hydrogens (tertiary/aromatic N) is 3. The smallest absolute Gasteiger partial charge is 0.329 e. The van der Waals surface area contributed by atoms with Crippen LogP contribution in [0, 0.1) is 12.7 Å². The Morgan fingerprint density at radius 2 is 1.79 bits per heavy atom. The van der Waals surface area contributed by atoms with Crippen LogP contribution in [-0.4, -0.2) is 19.7 Å². The van der Waals surface area contributed by atoms with E-state index in [1.54, 1.807) is 18.2 Å². The fraction of sp³-hybridized carbons (Fsp3) is 0.0833. The second-order valence-electron chi connectivity index (χ2n) is 7.62. The van der Waals surface area contributed by atoms with Crippen LogP contribution in [0.3, 0.4) is 0 Å². The minimum absolute atomic E-state index is 0.0518. The third-order valence-electron chi connectivity index (χ3n) is 5.29. The molecule has 0 aliphatic heterocycles.